The summed E-state index contributed by atoms with van der Waals surface area (Å²) in [4.78, 5) is 0. The second-order valence-corrected chi connectivity index (χ2v) is 5.65. The van der Waals surface area contributed by atoms with Crippen molar-refractivity contribution in [3.63, 3.8) is 0 Å². The maximum absolute atomic E-state index is 10.7. The summed E-state index contributed by atoms with van der Waals surface area (Å²) >= 11 is 0. The zero-order valence-electron chi connectivity index (χ0n) is 14.9. The Kier molecular flexibility index (Phi) is 11.9. The molecule has 0 aliphatic heterocycles. The Bertz CT molecular complexity index is 364. The summed E-state index contributed by atoms with van der Waals surface area (Å²) in [6.45, 7) is 9.45. The molecule has 0 saturated heterocycles. The minimum Gasteiger partial charge on any atom is -0.497 e. The Balaban J connectivity index is 5.12. The third-order valence-corrected chi connectivity index (χ3v) is 3.47. The van der Waals surface area contributed by atoms with Crippen LogP contribution in [0.2, 0.25) is 0 Å². The van der Waals surface area contributed by atoms with Crippen LogP contribution >= 0.6 is 0 Å². The Morgan fingerprint density at radius 2 is 1.77 bits per heavy atom. The standard InChI is InChI=1S/C19H35NO2/c1-5-9-17(16-18(8-4)22-15-14-20)10-13-19(21,11-6-2)12-7-3/h9-10,13,16,21H,5-8,11-12,14-15,20H2,1-4H3. The minimum absolute atomic E-state index is 0.521. The monoisotopic (exact) mass is 309 g/mol. The van der Waals surface area contributed by atoms with Gasteiger partial charge in [-0.3, -0.25) is 0 Å². The quantitative estimate of drug-likeness (QED) is 0.413. The van der Waals surface area contributed by atoms with E-state index in [4.69, 9.17) is 10.5 Å². The summed E-state index contributed by atoms with van der Waals surface area (Å²) < 4.78 is 5.64. The van der Waals surface area contributed by atoms with Crippen molar-refractivity contribution in [2.24, 2.45) is 5.73 Å². The summed E-state index contributed by atoms with van der Waals surface area (Å²) in [6, 6.07) is 0. The Morgan fingerprint density at radius 1 is 1.14 bits per heavy atom. The highest BCUT2D eigenvalue weighted by atomic mass is 16.5. The SMILES string of the molecule is CCC=C(C=CC(O)(CCC)CCC)C=C(CC)OCCN. The molecule has 0 spiro atoms. The number of nitrogens with two attached hydrogens (primary N) is 1. The highest BCUT2D eigenvalue weighted by Crippen LogP contribution is 2.22. The minimum atomic E-state index is -0.700. The molecule has 3 N–H and O–H groups in total. The second kappa shape index (κ2) is 12.5. The van der Waals surface area contributed by atoms with Gasteiger partial charge >= 0.3 is 0 Å². The molecule has 128 valence electrons. The molecule has 0 amide bonds. The number of hydrogen-bond acceptors (Lipinski definition) is 3. The third kappa shape index (κ3) is 9.06. The molecule has 0 atom stereocenters. The first-order valence-electron chi connectivity index (χ1n) is 8.70. The Labute approximate surface area is 136 Å². The molecule has 0 heterocycles. The highest BCUT2D eigenvalue weighted by molar-refractivity contribution is 5.33. The van der Waals surface area contributed by atoms with Crippen molar-refractivity contribution in [1.82, 2.24) is 0 Å². The van der Waals surface area contributed by atoms with Crippen LogP contribution < -0.4 is 5.73 Å². The lowest BCUT2D eigenvalue weighted by molar-refractivity contribution is 0.0706. The van der Waals surface area contributed by atoms with Gasteiger partial charge in [-0.2, -0.15) is 0 Å². The van der Waals surface area contributed by atoms with Gasteiger partial charge in [-0.05, 0) is 30.9 Å². The van der Waals surface area contributed by atoms with E-state index in [9.17, 15) is 5.11 Å². The fraction of sp³-hybridized carbons (Fsp3) is 0.684. The van der Waals surface area contributed by atoms with E-state index in [2.05, 4.69) is 33.8 Å². The molecule has 0 bridgehead atoms. The molecule has 0 aromatic rings. The second-order valence-electron chi connectivity index (χ2n) is 5.65. The van der Waals surface area contributed by atoms with E-state index in [-0.39, 0.29) is 0 Å². The summed E-state index contributed by atoms with van der Waals surface area (Å²) in [5.41, 5.74) is 5.87. The molecule has 0 aliphatic rings. The van der Waals surface area contributed by atoms with Crippen LogP contribution in [0.4, 0.5) is 0 Å². The fourth-order valence-electron chi connectivity index (χ4n) is 2.44. The topological polar surface area (TPSA) is 55.5 Å². The third-order valence-electron chi connectivity index (χ3n) is 3.47. The van der Waals surface area contributed by atoms with Gasteiger partial charge in [0.15, 0.2) is 0 Å². The summed E-state index contributed by atoms with van der Waals surface area (Å²) in [7, 11) is 0. The Hall–Kier alpha value is -1.06. The van der Waals surface area contributed by atoms with Gasteiger partial charge in [0.25, 0.3) is 0 Å². The zero-order valence-corrected chi connectivity index (χ0v) is 14.9. The van der Waals surface area contributed by atoms with Crippen molar-refractivity contribution in [2.45, 2.75) is 71.8 Å². The lowest BCUT2D eigenvalue weighted by Gasteiger charge is -2.23. The smallest absolute Gasteiger partial charge is 0.0999 e. The van der Waals surface area contributed by atoms with Gasteiger partial charge in [-0.1, -0.05) is 58.8 Å². The maximum Gasteiger partial charge on any atom is 0.0999 e. The number of rotatable bonds is 12. The van der Waals surface area contributed by atoms with E-state index in [0.29, 0.717) is 13.2 Å². The van der Waals surface area contributed by atoms with Crippen LogP contribution in [0.25, 0.3) is 0 Å². The van der Waals surface area contributed by atoms with Crippen molar-refractivity contribution >= 4 is 0 Å². The summed E-state index contributed by atoms with van der Waals surface area (Å²) in [5.74, 6) is 0.935. The molecule has 0 saturated carbocycles. The molecule has 3 heteroatoms. The lowest BCUT2D eigenvalue weighted by atomic mass is 9.91. The first kappa shape index (κ1) is 20.9. The van der Waals surface area contributed by atoms with Crippen molar-refractivity contribution < 1.29 is 9.84 Å². The molecular weight excluding hydrogens is 274 g/mol. The molecule has 3 nitrogen and oxygen atoms in total. The molecular formula is C19H35NO2. The maximum atomic E-state index is 10.7. The largest absolute Gasteiger partial charge is 0.497 e. The number of ether oxygens (including phenoxy) is 1. The van der Waals surface area contributed by atoms with Crippen LogP contribution in [0.1, 0.15) is 66.2 Å². The predicted molar refractivity (Wildman–Crippen MR) is 95.7 cm³/mol. The van der Waals surface area contributed by atoms with Gasteiger partial charge in [-0.15, -0.1) is 0 Å². The van der Waals surface area contributed by atoms with Gasteiger partial charge in [-0.25, -0.2) is 0 Å². The van der Waals surface area contributed by atoms with Crippen LogP contribution in [-0.2, 0) is 4.74 Å². The molecule has 0 rings (SSSR count). The Morgan fingerprint density at radius 3 is 2.23 bits per heavy atom. The lowest BCUT2D eigenvalue weighted by Crippen LogP contribution is -2.25. The van der Waals surface area contributed by atoms with Crippen molar-refractivity contribution in [3.8, 4) is 0 Å². The van der Waals surface area contributed by atoms with Gasteiger partial charge in [0.05, 0.1) is 18.0 Å². The normalized spacial score (nSPS) is 13.9. The molecule has 0 aromatic heterocycles. The van der Waals surface area contributed by atoms with E-state index in [1.54, 1.807) is 0 Å². The molecule has 0 aromatic carbocycles. The molecule has 0 fully saturated rings. The van der Waals surface area contributed by atoms with Crippen LogP contribution in [0.15, 0.2) is 35.6 Å². The van der Waals surface area contributed by atoms with Crippen molar-refractivity contribution in [1.29, 1.82) is 0 Å². The highest BCUT2D eigenvalue weighted by Gasteiger charge is 2.20. The van der Waals surface area contributed by atoms with Gasteiger partial charge in [0.2, 0.25) is 0 Å². The van der Waals surface area contributed by atoms with E-state index < -0.39 is 5.60 Å². The van der Waals surface area contributed by atoms with Crippen molar-refractivity contribution in [3.05, 3.63) is 35.6 Å². The number of allylic oxidation sites excluding steroid dienone is 5. The number of hydrogen-bond donors (Lipinski definition) is 2. The van der Waals surface area contributed by atoms with E-state index in [1.165, 1.54) is 0 Å². The van der Waals surface area contributed by atoms with Crippen LogP contribution in [0.3, 0.4) is 0 Å². The number of aliphatic hydroxyl groups is 1. The van der Waals surface area contributed by atoms with Gasteiger partial charge < -0.3 is 15.6 Å². The average Bonchev–Trinajstić information content (AvgIpc) is 2.49. The van der Waals surface area contributed by atoms with Crippen LogP contribution in [-0.4, -0.2) is 23.9 Å². The van der Waals surface area contributed by atoms with Crippen LogP contribution in [0, 0.1) is 0 Å². The van der Waals surface area contributed by atoms with Gasteiger partial charge in [0.1, 0.15) is 0 Å². The van der Waals surface area contributed by atoms with Gasteiger partial charge in [0, 0.05) is 13.0 Å². The molecule has 0 radical (unpaired) electrons. The molecule has 22 heavy (non-hydrogen) atoms. The van der Waals surface area contributed by atoms with E-state index >= 15 is 0 Å². The van der Waals surface area contributed by atoms with Crippen molar-refractivity contribution in [2.75, 3.05) is 13.2 Å². The summed E-state index contributed by atoms with van der Waals surface area (Å²) in [5, 5.41) is 10.7. The van der Waals surface area contributed by atoms with E-state index in [0.717, 1.165) is 49.9 Å². The van der Waals surface area contributed by atoms with E-state index in [1.807, 2.05) is 18.2 Å². The summed E-state index contributed by atoms with van der Waals surface area (Å²) in [6.07, 6.45) is 13.5. The predicted octanol–water partition coefficient (Wildman–Crippen LogP) is 4.48. The first-order valence-corrected chi connectivity index (χ1v) is 8.70. The first-order chi connectivity index (χ1) is 10.5. The molecule has 0 unspecified atom stereocenters. The average molecular weight is 309 g/mol. The van der Waals surface area contributed by atoms with Crippen LogP contribution in [0.5, 0.6) is 0 Å². The molecule has 0 aliphatic carbocycles. The zero-order chi connectivity index (χ0) is 16.8. The fourth-order valence-corrected chi connectivity index (χ4v) is 2.44.